The lowest BCUT2D eigenvalue weighted by Gasteiger charge is -2.32. The summed E-state index contributed by atoms with van der Waals surface area (Å²) < 4.78 is 16.0. The molecule has 2 heterocycles. The molecule has 30 heavy (non-hydrogen) atoms. The third kappa shape index (κ3) is 4.42. The highest BCUT2D eigenvalue weighted by Gasteiger charge is 2.31. The molecule has 6 nitrogen and oxygen atoms in total. The SMILES string of the molecule is CCCn1nc(C(=O)N2CCN(C)CC2)c2c1CCC(NCc1ccccc1F)C2. The van der Waals surface area contributed by atoms with Gasteiger partial charge in [-0.2, -0.15) is 5.10 Å². The molecule has 1 aliphatic carbocycles. The van der Waals surface area contributed by atoms with E-state index in [4.69, 9.17) is 5.10 Å². The predicted octanol–water partition coefficient (Wildman–Crippen LogP) is 2.47. The Labute approximate surface area is 178 Å². The van der Waals surface area contributed by atoms with Gasteiger partial charge in [-0.3, -0.25) is 9.48 Å². The van der Waals surface area contributed by atoms with Crippen molar-refractivity contribution in [3.8, 4) is 0 Å². The van der Waals surface area contributed by atoms with Crippen LogP contribution in [-0.4, -0.2) is 64.8 Å². The van der Waals surface area contributed by atoms with Crippen molar-refractivity contribution in [1.29, 1.82) is 0 Å². The zero-order valence-electron chi connectivity index (χ0n) is 18.0. The lowest BCUT2D eigenvalue weighted by atomic mass is 9.90. The van der Waals surface area contributed by atoms with E-state index in [1.165, 1.54) is 11.8 Å². The number of carbonyl (C=O) groups excluding carboxylic acids is 1. The van der Waals surface area contributed by atoms with Gasteiger partial charge in [0, 0.05) is 62.1 Å². The molecule has 162 valence electrons. The number of piperazine rings is 1. The maximum atomic E-state index is 14.0. The number of nitrogens with one attached hydrogen (secondary N) is 1. The van der Waals surface area contributed by atoms with Crippen LogP contribution in [0.4, 0.5) is 4.39 Å². The molecule has 2 aromatic rings. The number of hydrogen-bond donors (Lipinski definition) is 1. The van der Waals surface area contributed by atoms with Gasteiger partial charge >= 0.3 is 0 Å². The van der Waals surface area contributed by atoms with Crippen LogP contribution in [-0.2, 0) is 25.9 Å². The third-order valence-corrected chi connectivity index (χ3v) is 6.31. The topological polar surface area (TPSA) is 53.4 Å². The number of hydrogen-bond acceptors (Lipinski definition) is 4. The summed E-state index contributed by atoms with van der Waals surface area (Å²) in [7, 11) is 2.09. The average Bonchev–Trinajstić information content (AvgIpc) is 3.11. The summed E-state index contributed by atoms with van der Waals surface area (Å²) in [6.45, 7) is 6.77. The molecule has 1 atom stereocenters. The number of amides is 1. The van der Waals surface area contributed by atoms with E-state index in [9.17, 15) is 9.18 Å². The van der Waals surface area contributed by atoms with E-state index in [2.05, 4.69) is 24.2 Å². The van der Waals surface area contributed by atoms with Crippen LogP contribution in [0, 0.1) is 5.82 Å². The Hall–Kier alpha value is -2.25. The second-order valence-corrected chi connectivity index (χ2v) is 8.50. The molecule has 1 aliphatic heterocycles. The quantitative estimate of drug-likeness (QED) is 0.791. The van der Waals surface area contributed by atoms with Crippen molar-refractivity contribution < 1.29 is 9.18 Å². The van der Waals surface area contributed by atoms with Gasteiger partial charge in [-0.25, -0.2) is 4.39 Å². The van der Waals surface area contributed by atoms with Crippen molar-refractivity contribution in [1.82, 2.24) is 24.9 Å². The maximum Gasteiger partial charge on any atom is 0.274 e. The highest BCUT2D eigenvalue weighted by molar-refractivity contribution is 5.94. The molecule has 4 rings (SSSR count). The number of likely N-dealkylation sites (N-methyl/N-ethyl adjacent to an activating group) is 1. The Morgan fingerprint density at radius 2 is 2.00 bits per heavy atom. The molecular weight excluding hydrogens is 381 g/mol. The molecule has 0 bridgehead atoms. The van der Waals surface area contributed by atoms with Crippen molar-refractivity contribution in [2.45, 2.75) is 51.7 Å². The molecule has 1 N–H and O–H groups in total. The van der Waals surface area contributed by atoms with Gasteiger partial charge in [0.15, 0.2) is 5.69 Å². The van der Waals surface area contributed by atoms with Gasteiger partial charge in [0.1, 0.15) is 5.82 Å². The first kappa shape index (κ1) is 21.0. The fourth-order valence-corrected chi connectivity index (χ4v) is 4.49. The first-order valence-corrected chi connectivity index (χ1v) is 11.1. The summed E-state index contributed by atoms with van der Waals surface area (Å²) in [5.41, 5.74) is 3.60. The first-order chi connectivity index (χ1) is 14.6. The van der Waals surface area contributed by atoms with E-state index in [0.717, 1.165) is 64.0 Å². The number of halogens is 1. The average molecular weight is 414 g/mol. The molecule has 1 saturated heterocycles. The van der Waals surface area contributed by atoms with E-state index in [1.807, 2.05) is 21.7 Å². The third-order valence-electron chi connectivity index (χ3n) is 6.31. The fourth-order valence-electron chi connectivity index (χ4n) is 4.49. The second-order valence-electron chi connectivity index (χ2n) is 8.50. The molecule has 2 aliphatic rings. The van der Waals surface area contributed by atoms with E-state index in [1.54, 1.807) is 6.07 Å². The van der Waals surface area contributed by atoms with E-state index in [-0.39, 0.29) is 17.8 Å². The molecular formula is C23H32FN5O. The molecule has 0 saturated carbocycles. The van der Waals surface area contributed by atoms with Crippen LogP contribution in [0.5, 0.6) is 0 Å². The lowest BCUT2D eigenvalue weighted by molar-refractivity contribution is 0.0656. The molecule has 7 heteroatoms. The minimum Gasteiger partial charge on any atom is -0.335 e. The van der Waals surface area contributed by atoms with E-state index in [0.29, 0.717) is 17.8 Å². The van der Waals surface area contributed by atoms with E-state index < -0.39 is 0 Å². The minimum atomic E-state index is -0.178. The van der Waals surface area contributed by atoms with Crippen molar-refractivity contribution in [3.63, 3.8) is 0 Å². The zero-order valence-corrected chi connectivity index (χ0v) is 18.0. The monoisotopic (exact) mass is 413 g/mol. The van der Waals surface area contributed by atoms with Crippen molar-refractivity contribution in [2.75, 3.05) is 33.2 Å². The maximum absolute atomic E-state index is 14.0. The van der Waals surface area contributed by atoms with Crippen LogP contribution >= 0.6 is 0 Å². The van der Waals surface area contributed by atoms with Crippen LogP contribution in [0.25, 0.3) is 0 Å². The molecule has 1 fully saturated rings. The smallest absolute Gasteiger partial charge is 0.274 e. The number of benzene rings is 1. The lowest BCUT2D eigenvalue weighted by Crippen LogP contribution is -2.47. The summed E-state index contributed by atoms with van der Waals surface area (Å²) in [5.74, 6) is -0.118. The number of rotatable bonds is 6. The van der Waals surface area contributed by atoms with Gasteiger partial charge in [-0.05, 0) is 38.8 Å². The Balaban J connectivity index is 1.51. The summed E-state index contributed by atoms with van der Waals surface area (Å²) in [6, 6.07) is 7.11. The Morgan fingerprint density at radius 1 is 1.23 bits per heavy atom. The summed E-state index contributed by atoms with van der Waals surface area (Å²) in [5, 5.41) is 8.27. The van der Waals surface area contributed by atoms with Crippen molar-refractivity contribution >= 4 is 5.91 Å². The van der Waals surface area contributed by atoms with Crippen LogP contribution in [0.15, 0.2) is 24.3 Å². The van der Waals surface area contributed by atoms with Gasteiger partial charge in [-0.1, -0.05) is 25.1 Å². The molecule has 1 aromatic heterocycles. The highest BCUT2D eigenvalue weighted by Crippen LogP contribution is 2.27. The number of carbonyl (C=O) groups is 1. The predicted molar refractivity (Wildman–Crippen MR) is 115 cm³/mol. The van der Waals surface area contributed by atoms with E-state index >= 15 is 0 Å². The van der Waals surface area contributed by atoms with Crippen LogP contribution in [0.3, 0.4) is 0 Å². The summed E-state index contributed by atoms with van der Waals surface area (Å²) in [4.78, 5) is 17.5. The fraction of sp³-hybridized carbons (Fsp3) is 0.565. The first-order valence-electron chi connectivity index (χ1n) is 11.1. The molecule has 0 spiro atoms. The van der Waals surface area contributed by atoms with Gasteiger partial charge in [-0.15, -0.1) is 0 Å². The van der Waals surface area contributed by atoms with Crippen LogP contribution < -0.4 is 5.32 Å². The van der Waals surface area contributed by atoms with Crippen molar-refractivity contribution in [2.24, 2.45) is 0 Å². The standard InChI is InChI=1S/C23H32FN5O/c1-3-10-29-21-9-8-18(25-16-17-6-4-5-7-20(17)24)15-19(21)22(26-29)23(30)28-13-11-27(2)12-14-28/h4-7,18,25H,3,8-16H2,1-2H3. The minimum absolute atomic E-state index is 0.0592. The highest BCUT2D eigenvalue weighted by atomic mass is 19.1. The Bertz CT molecular complexity index is 888. The van der Waals surface area contributed by atoms with Gasteiger partial charge in [0.05, 0.1) is 0 Å². The second kappa shape index (κ2) is 9.27. The number of fused-ring (bicyclic) bond motifs is 1. The van der Waals surface area contributed by atoms with Crippen LogP contribution in [0.1, 0.15) is 47.1 Å². The number of aromatic nitrogens is 2. The van der Waals surface area contributed by atoms with Crippen LogP contribution in [0.2, 0.25) is 0 Å². The summed E-state index contributed by atoms with van der Waals surface area (Å²) >= 11 is 0. The Morgan fingerprint density at radius 3 is 2.73 bits per heavy atom. The van der Waals surface area contributed by atoms with Gasteiger partial charge in [0.25, 0.3) is 5.91 Å². The van der Waals surface area contributed by atoms with Crippen molar-refractivity contribution in [3.05, 3.63) is 52.6 Å². The number of aryl methyl sites for hydroxylation is 1. The molecule has 1 aromatic carbocycles. The largest absolute Gasteiger partial charge is 0.335 e. The van der Waals surface area contributed by atoms with Gasteiger partial charge < -0.3 is 15.1 Å². The summed E-state index contributed by atoms with van der Waals surface area (Å²) in [6.07, 6.45) is 3.62. The number of nitrogens with zero attached hydrogens (tertiary/aromatic N) is 4. The zero-order chi connectivity index (χ0) is 21.1. The molecule has 0 radical (unpaired) electrons. The molecule has 1 unspecified atom stereocenters. The molecule has 1 amide bonds. The normalized spacial score (nSPS) is 19.7. The Kier molecular flexibility index (Phi) is 6.49. The van der Waals surface area contributed by atoms with Gasteiger partial charge in [0.2, 0.25) is 0 Å².